The zero-order valence-electron chi connectivity index (χ0n) is 23.3. The first-order chi connectivity index (χ1) is 18.9. The molecule has 0 saturated carbocycles. The molecule has 4 aromatic rings. The molecule has 6 rings (SSSR count). The zero-order valence-corrected chi connectivity index (χ0v) is 28.7. The maximum absolute atomic E-state index is 7.83. The monoisotopic (exact) mass is 644 g/mol. The van der Waals surface area contributed by atoms with E-state index in [1.807, 2.05) is 0 Å². The fraction of sp³-hybridized carbons (Fsp3) is 0.257. The van der Waals surface area contributed by atoms with Crippen molar-refractivity contribution in [1.29, 1.82) is 0 Å². The predicted octanol–water partition coefficient (Wildman–Crippen LogP) is 8.16. The minimum absolute atomic E-state index is 0.132. The molecule has 198 valence electrons. The number of benzene rings is 4. The van der Waals surface area contributed by atoms with Crippen molar-refractivity contribution in [2.24, 2.45) is 0 Å². The van der Waals surface area contributed by atoms with Gasteiger partial charge in [0.1, 0.15) is 0 Å². The molecule has 1 heterocycles. The van der Waals surface area contributed by atoms with Gasteiger partial charge in [-0.1, -0.05) is 0 Å². The Bertz CT molecular complexity index is 1600. The van der Waals surface area contributed by atoms with Gasteiger partial charge in [-0.25, -0.2) is 0 Å². The van der Waals surface area contributed by atoms with Crippen molar-refractivity contribution in [3.63, 3.8) is 0 Å². The average Bonchev–Trinajstić information content (AvgIpc) is 3.52. The molecule has 1 aliphatic carbocycles. The molecular weight excluding hydrogens is 611 g/mol. The zero-order chi connectivity index (χ0) is 27.3. The summed E-state index contributed by atoms with van der Waals surface area (Å²) in [7, 11) is 15.1. The number of allylic oxidation sites excluding steroid dienone is 1. The average molecular weight is 647 g/mol. The molecule has 0 N–H and O–H groups in total. The molecular formula is C35H36Cl2SiZr. The van der Waals surface area contributed by atoms with Crippen molar-refractivity contribution in [3.8, 4) is 22.3 Å². The van der Waals surface area contributed by atoms with E-state index in [-0.39, 0.29) is 3.63 Å². The summed E-state index contributed by atoms with van der Waals surface area (Å²) < 4.78 is 1.44. The normalized spacial score (nSPS) is 16.4. The second kappa shape index (κ2) is 10.9. The van der Waals surface area contributed by atoms with Crippen LogP contribution in [-0.4, -0.2) is 9.52 Å². The third-order valence-electron chi connectivity index (χ3n) is 8.73. The number of hydrogen-bond acceptors (Lipinski definition) is 0. The van der Waals surface area contributed by atoms with E-state index in [1.54, 1.807) is 0 Å². The van der Waals surface area contributed by atoms with Crippen LogP contribution in [0.25, 0.3) is 28.3 Å². The minimum atomic E-state index is -3.94. The second-order valence-corrected chi connectivity index (χ2v) is 27.2. The molecule has 0 radical (unpaired) electrons. The Labute approximate surface area is 247 Å². The van der Waals surface area contributed by atoms with E-state index in [9.17, 15) is 0 Å². The van der Waals surface area contributed by atoms with E-state index in [2.05, 4.69) is 113 Å². The molecule has 0 aromatic heterocycles. The van der Waals surface area contributed by atoms with Gasteiger partial charge >= 0.3 is 250 Å². The summed E-state index contributed by atoms with van der Waals surface area (Å²) in [4.78, 5) is 0. The quantitative estimate of drug-likeness (QED) is 0.157. The van der Waals surface area contributed by atoms with Crippen LogP contribution in [0.4, 0.5) is 0 Å². The molecule has 1 atom stereocenters. The summed E-state index contributed by atoms with van der Waals surface area (Å²) in [6.45, 7) is 9.15. The second-order valence-electron chi connectivity index (χ2n) is 11.4. The van der Waals surface area contributed by atoms with Crippen LogP contribution >= 0.6 is 17.0 Å². The van der Waals surface area contributed by atoms with E-state index in [1.165, 1.54) is 63.7 Å². The van der Waals surface area contributed by atoms with Gasteiger partial charge in [-0.05, 0) is 0 Å². The number of fused-ring (bicyclic) bond motifs is 4. The van der Waals surface area contributed by atoms with Gasteiger partial charge in [0.25, 0.3) is 0 Å². The van der Waals surface area contributed by atoms with Crippen molar-refractivity contribution in [1.82, 2.24) is 0 Å². The molecule has 4 heteroatoms. The molecule has 2 aliphatic rings. The van der Waals surface area contributed by atoms with Crippen LogP contribution in [0, 0.1) is 0 Å². The van der Waals surface area contributed by atoms with Crippen LogP contribution in [0.15, 0.2) is 84.4 Å². The van der Waals surface area contributed by atoms with Crippen molar-refractivity contribution >= 4 is 46.3 Å². The molecule has 0 amide bonds. The van der Waals surface area contributed by atoms with E-state index in [0.29, 0.717) is 5.92 Å². The van der Waals surface area contributed by atoms with E-state index >= 15 is 0 Å². The third-order valence-corrected chi connectivity index (χ3v) is 23.1. The Morgan fingerprint density at radius 3 is 2.28 bits per heavy atom. The first kappa shape index (κ1) is 27.5. The molecule has 0 spiro atoms. The Kier molecular flexibility index (Phi) is 7.71. The molecule has 0 nitrogen and oxygen atoms in total. The van der Waals surface area contributed by atoms with Gasteiger partial charge in [0.15, 0.2) is 0 Å². The molecule has 0 fully saturated rings. The standard InChI is InChI=1S/C23H27.C12H9Si.2ClH.Zr/c1-5-9-18-12-13-19-14-17(6-2)15-22(19)23(18)21-11-8-7-10-20(21)16(3)4;1-3-7-11-9(5-1)10-6-2-4-8-12(10)13-11;;;/h7-8,10-16H,5-6,9H2,1-4H3;1-7H,13H2;2*1H;/q;;;;+2/p-2. The molecule has 0 saturated heterocycles. The summed E-state index contributed by atoms with van der Waals surface area (Å²) in [5, 5.41) is 3.02. The number of hydrogen-bond donors (Lipinski definition) is 0. The van der Waals surface area contributed by atoms with Gasteiger partial charge < -0.3 is 0 Å². The molecule has 1 unspecified atom stereocenters. The predicted molar refractivity (Wildman–Crippen MR) is 172 cm³/mol. The van der Waals surface area contributed by atoms with Gasteiger partial charge in [0, 0.05) is 0 Å². The van der Waals surface area contributed by atoms with Gasteiger partial charge in [0.05, 0.1) is 0 Å². The summed E-state index contributed by atoms with van der Waals surface area (Å²) in [6.07, 6.45) is 5.63. The summed E-state index contributed by atoms with van der Waals surface area (Å²) in [5.41, 5.74) is 12.5. The van der Waals surface area contributed by atoms with E-state index < -0.39 is 27.4 Å². The van der Waals surface area contributed by atoms with Crippen LogP contribution in [0.2, 0.25) is 0 Å². The van der Waals surface area contributed by atoms with Gasteiger partial charge in [-0.2, -0.15) is 0 Å². The summed E-state index contributed by atoms with van der Waals surface area (Å²) in [6, 6.07) is 29.4. The first-order valence-corrected chi connectivity index (χ1v) is 24.8. The molecule has 39 heavy (non-hydrogen) atoms. The Hall–Kier alpha value is -1.70. The van der Waals surface area contributed by atoms with E-state index in [0.717, 1.165) is 19.3 Å². The number of rotatable bonds is 7. The maximum atomic E-state index is 7.83. The first-order valence-electron chi connectivity index (χ1n) is 14.4. The fourth-order valence-electron chi connectivity index (χ4n) is 6.94. The molecule has 0 bridgehead atoms. The molecule has 1 aliphatic heterocycles. The molecule has 4 aromatic carbocycles. The van der Waals surface area contributed by atoms with Crippen LogP contribution in [0.1, 0.15) is 72.3 Å². The number of halogens is 2. The van der Waals surface area contributed by atoms with Crippen molar-refractivity contribution in [3.05, 3.63) is 107 Å². The fourth-order valence-corrected chi connectivity index (χ4v) is 23.9. The summed E-state index contributed by atoms with van der Waals surface area (Å²) >= 11 is -3.94. The van der Waals surface area contributed by atoms with Gasteiger partial charge in [-0.3, -0.25) is 0 Å². The van der Waals surface area contributed by atoms with Crippen LogP contribution < -0.4 is 13.6 Å². The van der Waals surface area contributed by atoms with Crippen LogP contribution in [-0.2, 0) is 24.3 Å². The van der Waals surface area contributed by atoms with E-state index in [4.69, 9.17) is 17.0 Å². The van der Waals surface area contributed by atoms with Crippen LogP contribution in [0.3, 0.4) is 0 Å². The van der Waals surface area contributed by atoms with Crippen molar-refractivity contribution < 1.29 is 17.9 Å². The van der Waals surface area contributed by atoms with Gasteiger partial charge in [-0.15, -0.1) is 0 Å². The Balaban J connectivity index is 1.54. The number of aryl methyl sites for hydroxylation is 1. The van der Waals surface area contributed by atoms with Crippen LogP contribution in [0.5, 0.6) is 0 Å². The third kappa shape index (κ3) is 4.61. The Morgan fingerprint density at radius 2 is 1.54 bits per heavy atom. The summed E-state index contributed by atoms with van der Waals surface area (Å²) in [5.74, 6) is 0.455. The Morgan fingerprint density at radius 1 is 0.821 bits per heavy atom. The SMILES string of the molecule is CCCc1ccc2c(c1-c1ccccc1C(C)C)C=C(CC)[CH]2[Zr]([Cl])([Cl])[c]1cccc2c1[SiH2]c1ccccc1-2. The van der Waals surface area contributed by atoms with Crippen molar-refractivity contribution in [2.45, 2.75) is 56.5 Å². The van der Waals surface area contributed by atoms with Crippen molar-refractivity contribution in [2.75, 3.05) is 0 Å². The topological polar surface area (TPSA) is 0 Å². The van der Waals surface area contributed by atoms with Gasteiger partial charge in [0.2, 0.25) is 0 Å².